The molecule has 8 heteroatoms. The molecule has 7 nitrogen and oxygen atoms in total. The Morgan fingerprint density at radius 1 is 1.42 bits per heavy atom. The van der Waals surface area contributed by atoms with Gasteiger partial charge in [-0.05, 0) is 32.9 Å². The van der Waals surface area contributed by atoms with E-state index in [1.807, 2.05) is 0 Å². The van der Waals surface area contributed by atoms with E-state index >= 15 is 0 Å². The van der Waals surface area contributed by atoms with Crippen molar-refractivity contribution in [2.24, 2.45) is 0 Å². The third kappa shape index (κ3) is 3.33. The monoisotopic (exact) mass is 288 g/mol. The van der Waals surface area contributed by atoms with E-state index in [0.29, 0.717) is 24.3 Å². The summed E-state index contributed by atoms with van der Waals surface area (Å²) in [5.41, 5.74) is 0.899. The van der Waals surface area contributed by atoms with Crippen LogP contribution in [-0.2, 0) is 16.6 Å². The molecule has 0 amide bonds. The number of aliphatic hydroxyl groups is 1. The third-order valence-electron chi connectivity index (χ3n) is 3.37. The molecule has 0 spiro atoms. The van der Waals surface area contributed by atoms with Gasteiger partial charge in [-0.15, -0.1) is 0 Å². The highest BCUT2D eigenvalue weighted by molar-refractivity contribution is 7.89. The minimum atomic E-state index is -3.65. The van der Waals surface area contributed by atoms with Crippen molar-refractivity contribution < 1.29 is 13.5 Å². The number of nitrogens with one attached hydrogen (secondary N) is 2. The molecule has 1 aliphatic heterocycles. The molecule has 3 N–H and O–H groups in total. The lowest BCUT2D eigenvalue weighted by Crippen LogP contribution is -2.34. The van der Waals surface area contributed by atoms with Gasteiger partial charge in [-0.3, -0.25) is 5.10 Å². The van der Waals surface area contributed by atoms with Gasteiger partial charge < -0.3 is 10.0 Å². The first kappa shape index (κ1) is 14.4. The molecule has 0 radical (unpaired) electrons. The molecule has 0 atom stereocenters. The molecule has 19 heavy (non-hydrogen) atoms. The van der Waals surface area contributed by atoms with Crippen LogP contribution in [0.4, 0.5) is 0 Å². The van der Waals surface area contributed by atoms with Crippen molar-refractivity contribution in [3.8, 4) is 0 Å². The Balaban J connectivity index is 1.97. The molecule has 2 heterocycles. The molecule has 0 bridgehead atoms. The Labute approximate surface area is 113 Å². The summed E-state index contributed by atoms with van der Waals surface area (Å²) in [7, 11) is -3.65. The zero-order chi connectivity index (χ0) is 13.9. The van der Waals surface area contributed by atoms with Crippen LogP contribution in [0, 0.1) is 6.92 Å². The van der Waals surface area contributed by atoms with Gasteiger partial charge in [0.25, 0.3) is 10.0 Å². The van der Waals surface area contributed by atoms with E-state index in [4.69, 9.17) is 0 Å². The topological polar surface area (TPSA) is 98.3 Å². The third-order valence-corrected chi connectivity index (χ3v) is 4.80. The molecular weight excluding hydrogens is 268 g/mol. The fraction of sp³-hybridized carbons (Fsp3) is 0.727. The van der Waals surface area contributed by atoms with Gasteiger partial charge in [0.05, 0.1) is 6.61 Å². The summed E-state index contributed by atoms with van der Waals surface area (Å²) in [4.78, 5) is 2.23. The molecule has 1 saturated heterocycles. The molecule has 1 aromatic heterocycles. The van der Waals surface area contributed by atoms with E-state index in [1.54, 1.807) is 6.92 Å². The summed E-state index contributed by atoms with van der Waals surface area (Å²) in [6.07, 6.45) is 2.36. The molecule has 1 aromatic rings. The minimum absolute atomic E-state index is 0.103. The summed E-state index contributed by atoms with van der Waals surface area (Å²) in [6, 6.07) is 0. The normalized spacial score (nSPS) is 17.2. The van der Waals surface area contributed by atoms with Crippen molar-refractivity contribution in [3.05, 3.63) is 11.3 Å². The predicted molar refractivity (Wildman–Crippen MR) is 70.1 cm³/mol. The number of aryl methyl sites for hydroxylation is 1. The Hall–Kier alpha value is -0.960. The number of sulfonamides is 1. The number of H-pyrrole nitrogens is 1. The molecule has 2 rings (SSSR count). The van der Waals surface area contributed by atoms with Gasteiger partial charge in [0.1, 0.15) is 0 Å². The fourth-order valence-electron chi connectivity index (χ4n) is 2.25. The molecule has 0 aliphatic carbocycles. The number of hydrogen-bond acceptors (Lipinski definition) is 5. The van der Waals surface area contributed by atoms with Crippen LogP contribution in [0.2, 0.25) is 0 Å². The highest BCUT2D eigenvalue weighted by Gasteiger charge is 2.23. The number of likely N-dealkylation sites (tertiary alicyclic amines) is 1. The summed E-state index contributed by atoms with van der Waals surface area (Å²) in [6.45, 7) is 4.47. The SMILES string of the molecule is Cc1[nH]nc(S(=O)(=O)NCCN2CCCC2)c1CO. The van der Waals surface area contributed by atoms with Crippen LogP contribution in [-0.4, -0.2) is 54.8 Å². The second-order valence-corrected chi connectivity index (χ2v) is 6.42. The minimum Gasteiger partial charge on any atom is -0.392 e. The highest BCUT2D eigenvalue weighted by atomic mass is 32.2. The number of aliphatic hydroxyl groups excluding tert-OH is 1. The Bertz CT molecular complexity index is 520. The van der Waals surface area contributed by atoms with Crippen molar-refractivity contribution in [1.29, 1.82) is 0 Å². The fourth-order valence-corrected chi connectivity index (χ4v) is 3.46. The Kier molecular flexibility index (Phi) is 4.56. The summed E-state index contributed by atoms with van der Waals surface area (Å²) in [5, 5.41) is 15.4. The van der Waals surface area contributed by atoms with E-state index in [0.717, 1.165) is 13.1 Å². The van der Waals surface area contributed by atoms with Crippen LogP contribution < -0.4 is 4.72 Å². The summed E-state index contributed by atoms with van der Waals surface area (Å²) < 4.78 is 26.7. The average molecular weight is 288 g/mol. The predicted octanol–water partition coefficient (Wildman–Crippen LogP) is -0.415. The second-order valence-electron chi connectivity index (χ2n) is 4.74. The van der Waals surface area contributed by atoms with Gasteiger partial charge in [-0.2, -0.15) is 5.10 Å². The van der Waals surface area contributed by atoms with Crippen LogP contribution in [0.5, 0.6) is 0 Å². The van der Waals surface area contributed by atoms with Gasteiger partial charge in [0.2, 0.25) is 0 Å². The van der Waals surface area contributed by atoms with Crippen LogP contribution in [0.25, 0.3) is 0 Å². The summed E-state index contributed by atoms with van der Waals surface area (Å²) >= 11 is 0. The maximum atomic E-state index is 12.1. The molecule has 1 aliphatic rings. The average Bonchev–Trinajstić information content (AvgIpc) is 2.98. The lowest BCUT2D eigenvalue weighted by molar-refractivity contribution is 0.277. The molecule has 1 fully saturated rings. The van der Waals surface area contributed by atoms with Crippen molar-refractivity contribution in [1.82, 2.24) is 19.8 Å². The van der Waals surface area contributed by atoms with E-state index < -0.39 is 10.0 Å². The molecule has 0 saturated carbocycles. The van der Waals surface area contributed by atoms with Gasteiger partial charge >= 0.3 is 0 Å². The number of hydrogen-bond donors (Lipinski definition) is 3. The standard InChI is InChI=1S/C11H20N4O3S/c1-9-10(8-16)11(14-13-9)19(17,18)12-4-7-15-5-2-3-6-15/h12,16H,2-8H2,1H3,(H,13,14). The molecule has 108 valence electrons. The number of aromatic nitrogens is 2. The lowest BCUT2D eigenvalue weighted by atomic mass is 10.3. The summed E-state index contributed by atoms with van der Waals surface area (Å²) in [5.74, 6) is 0. The molecule has 0 aromatic carbocycles. The van der Waals surface area contributed by atoms with Crippen LogP contribution in [0.3, 0.4) is 0 Å². The van der Waals surface area contributed by atoms with E-state index in [-0.39, 0.29) is 11.6 Å². The van der Waals surface area contributed by atoms with Crippen LogP contribution in [0.1, 0.15) is 24.1 Å². The zero-order valence-corrected chi connectivity index (χ0v) is 11.8. The van der Waals surface area contributed by atoms with Gasteiger partial charge in [0.15, 0.2) is 5.03 Å². The first-order valence-electron chi connectivity index (χ1n) is 6.41. The Morgan fingerprint density at radius 2 is 2.11 bits per heavy atom. The van der Waals surface area contributed by atoms with Crippen molar-refractivity contribution in [3.63, 3.8) is 0 Å². The highest BCUT2D eigenvalue weighted by Crippen LogP contribution is 2.15. The van der Waals surface area contributed by atoms with Crippen molar-refractivity contribution in [2.75, 3.05) is 26.2 Å². The maximum Gasteiger partial charge on any atom is 0.260 e. The maximum absolute atomic E-state index is 12.1. The van der Waals surface area contributed by atoms with E-state index in [9.17, 15) is 13.5 Å². The van der Waals surface area contributed by atoms with Gasteiger partial charge in [0, 0.05) is 24.3 Å². The second kappa shape index (κ2) is 6.00. The zero-order valence-electron chi connectivity index (χ0n) is 11.0. The van der Waals surface area contributed by atoms with Crippen LogP contribution in [0.15, 0.2) is 5.03 Å². The smallest absolute Gasteiger partial charge is 0.260 e. The van der Waals surface area contributed by atoms with Crippen LogP contribution >= 0.6 is 0 Å². The number of nitrogens with zero attached hydrogens (tertiary/aromatic N) is 2. The molecule has 0 unspecified atom stereocenters. The van der Waals surface area contributed by atoms with E-state index in [2.05, 4.69) is 19.8 Å². The number of rotatable bonds is 6. The molecular formula is C11H20N4O3S. The van der Waals surface area contributed by atoms with E-state index in [1.165, 1.54) is 12.8 Å². The lowest BCUT2D eigenvalue weighted by Gasteiger charge is -2.14. The van der Waals surface area contributed by atoms with Crippen molar-refractivity contribution in [2.45, 2.75) is 31.4 Å². The van der Waals surface area contributed by atoms with Crippen molar-refractivity contribution >= 4 is 10.0 Å². The van der Waals surface area contributed by atoms with Gasteiger partial charge in [-0.1, -0.05) is 0 Å². The largest absolute Gasteiger partial charge is 0.392 e. The van der Waals surface area contributed by atoms with Gasteiger partial charge in [-0.25, -0.2) is 13.1 Å². The number of aromatic amines is 1. The Morgan fingerprint density at radius 3 is 2.74 bits per heavy atom. The first-order chi connectivity index (χ1) is 9.04. The quantitative estimate of drug-likeness (QED) is 0.660. The first-order valence-corrected chi connectivity index (χ1v) is 7.89.